The molecule has 5 nitrogen and oxygen atoms in total. The molecule has 0 bridgehead atoms. The second-order valence-corrected chi connectivity index (χ2v) is 10.3. The van der Waals surface area contributed by atoms with Crippen LogP contribution >= 0.6 is 0 Å². The third-order valence-electron chi connectivity index (χ3n) is 7.40. The standard InChI is InChI=1S/C28H49N3O2/c1-2-3-4-5-6-7-8-9-10-11-12-13-14-15-21-25-26(32)27(33-24-19-18-20-24)30-28(29-25)31-22-16-17-23-31/h24,32H,2-23H2,1H3. The number of aryl methyl sites for hydroxylation is 1. The average Bonchev–Trinajstić information content (AvgIpc) is 3.33. The van der Waals surface area contributed by atoms with E-state index in [2.05, 4.69) is 16.8 Å². The number of hydrogen-bond donors (Lipinski definition) is 1. The minimum Gasteiger partial charge on any atom is -0.502 e. The maximum Gasteiger partial charge on any atom is 0.262 e. The Morgan fingerprint density at radius 1 is 0.758 bits per heavy atom. The van der Waals surface area contributed by atoms with Crippen LogP contribution < -0.4 is 9.64 Å². The first-order valence-electron chi connectivity index (χ1n) is 14.3. The molecule has 0 amide bonds. The molecule has 0 atom stereocenters. The van der Waals surface area contributed by atoms with Gasteiger partial charge in [0.15, 0.2) is 0 Å². The van der Waals surface area contributed by atoms with Crippen LogP contribution in [0.3, 0.4) is 0 Å². The lowest BCUT2D eigenvalue weighted by atomic mass is 9.96. The highest BCUT2D eigenvalue weighted by Gasteiger charge is 2.25. The lowest BCUT2D eigenvalue weighted by Crippen LogP contribution is -2.26. The molecule has 1 saturated carbocycles. The minimum absolute atomic E-state index is 0.180. The van der Waals surface area contributed by atoms with Gasteiger partial charge in [-0.2, -0.15) is 4.98 Å². The van der Waals surface area contributed by atoms with Crippen LogP contribution in [0, 0.1) is 0 Å². The molecule has 1 saturated heterocycles. The number of rotatable bonds is 18. The van der Waals surface area contributed by atoms with Crippen molar-refractivity contribution in [2.45, 2.75) is 141 Å². The summed E-state index contributed by atoms with van der Waals surface area (Å²) < 4.78 is 6.02. The van der Waals surface area contributed by atoms with Crippen molar-refractivity contribution in [1.29, 1.82) is 0 Å². The normalized spacial score (nSPS) is 16.3. The first-order chi connectivity index (χ1) is 16.3. The van der Waals surface area contributed by atoms with Crippen LogP contribution in [0.4, 0.5) is 5.95 Å². The Morgan fingerprint density at radius 3 is 1.82 bits per heavy atom. The molecule has 33 heavy (non-hydrogen) atoms. The van der Waals surface area contributed by atoms with Gasteiger partial charge >= 0.3 is 0 Å². The van der Waals surface area contributed by atoms with Crippen LogP contribution in [-0.2, 0) is 6.42 Å². The van der Waals surface area contributed by atoms with Gasteiger partial charge in [0.2, 0.25) is 11.7 Å². The smallest absolute Gasteiger partial charge is 0.262 e. The SMILES string of the molecule is CCCCCCCCCCCCCCCCc1nc(N2CCCC2)nc(OC2CCC2)c1O. The molecule has 1 N–H and O–H groups in total. The summed E-state index contributed by atoms with van der Waals surface area (Å²) in [6, 6.07) is 0. The highest BCUT2D eigenvalue weighted by molar-refractivity contribution is 5.44. The van der Waals surface area contributed by atoms with E-state index >= 15 is 0 Å². The maximum absolute atomic E-state index is 10.8. The summed E-state index contributed by atoms with van der Waals surface area (Å²) in [6.07, 6.45) is 25.7. The van der Waals surface area contributed by atoms with Gasteiger partial charge in [0.1, 0.15) is 6.10 Å². The van der Waals surface area contributed by atoms with Crippen molar-refractivity contribution in [3.8, 4) is 11.6 Å². The van der Waals surface area contributed by atoms with Gasteiger partial charge in [0.05, 0.1) is 5.69 Å². The average molecular weight is 460 g/mol. The minimum atomic E-state index is 0.180. The molecule has 1 aliphatic heterocycles. The van der Waals surface area contributed by atoms with Crippen LogP contribution in [-0.4, -0.2) is 34.3 Å². The zero-order valence-corrected chi connectivity index (χ0v) is 21.3. The van der Waals surface area contributed by atoms with Gasteiger partial charge in [0, 0.05) is 13.1 Å². The lowest BCUT2D eigenvalue weighted by molar-refractivity contribution is 0.110. The predicted molar refractivity (Wildman–Crippen MR) is 137 cm³/mol. The Kier molecular flexibility index (Phi) is 12.2. The quantitative estimate of drug-likeness (QED) is 0.227. The molecule has 0 aromatic carbocycles. The highest BCUT2D eigenvalue weighted by Crippen LogP contribution is 2.34. The van der Waals surface area contributed by atoms with Crippen molar-refractivity contribution in [3.05, 3.63) is 5.69 Å². The zero-order chi connectivity index (χ0) is 23.1. The second kappa shape index (κ2) is 15.4. The molecule has 1 aromatic heterocycles. The third kappa shape index (κ3) is 9.33. The predicted octanol–water partition coefficient (Wildman–Crippen LogP) is 7.74. The Labute approximate surface area is 202 Å². The highest BCUT2D eigenvalue weighted by atomic mass is 16.5. The van der Waals surface area contributed by atoms with E-state index in [1.165, 1.54) is 103 Å². The van der Waals surface area contributed by atoms with Crippen molar-refractivity contribution in [1.82, 2.24) is 9.97 Å². The van der Waals surface area contributed by atoms with Crippen molar-refractivity contribution in [2.24, 2.45) is 0 Å². The fraction of sp³-hybridized carbons (Fsp3) is 0.857. The molecule has 2 aliphatic rings. The lowest BCUT2D eigenvalue weighted by Gasteiger charge is -2.27. The molecule has 1 aromatic rings. The van der Waals surface area contributed by atoms with Gasteiger partial charge in [-0.15, -0.1) is 0 Å². The van der Waals surface area contributed by atoms with Gasteiger partial charge in [-0.3, -0.25) is 0 Å². The van der Waals surface area contributed by atoms with Crippen molar-refractivity contribution in [3.63, 3.8) is 0 Å². The fourth-order valence-corrected chi connectivity index (χ4v) is 4.91. The molecule has 3 rings (SSSR count). The molecule has 2 heterocycles. The van der Waals surface area contributed by atoms with Crippen molar-refractivity contribution < 1.29 is 9.84 Å². The van der Waals surface area contributed by atoms with Crippen LogP contribution in [0.1, 0.15) is 135 Å². The Balaban J connectivity index is 1.30. The second-order valence-electron chi connectivity index (χ2n) is 10.3. The van der Waals surface area contributed by atoms with E-state index in [1.54, 1.807) is 0 Å². The van der Waals surface area contributed by atoms with Gasteiger partial charge in [-0.1, -0.05) is 90.4 Å². The van der Waals surface area contributed by atoms with E-state index in [0.717, 1.165) is 50.4 Å². The molecule has 0 radical (unpaired) electrons. The fourth-order valence-electron chi connectivity index (χ4n) is 4.91. The molecule has 0 unspecified atom stereocenters. The summed E-state index contributed by atoms with van der Waals surface area (Å²) in [5.41, 5.74) is 0.778. The Hall–Kier alpha value is -1.52. The molecule has 5 heteroatoms. The largest absolute Gasteiger partial charge is 0.502 e. The molecule has 0 spiro atoms. The number of unbranched alkanes of at least 4 members (excludes halogenated alkanes) is 13. The number of aromatic hydroxyl groups is 1. The zero-order valence-electron chi connectivity index (χ0n) is 21.3. The van der Waals surface area contributed by atoms with E-state index in [0.29, 0.717) is 5.88 Å². The van der Waals surface area contributed by atoms with Crippen LogP contribution in [0.2, 0.25) is 0 Å². The molecule has 2 fully saturated rings. The molecule has 1 aliphatic carbocycles. The van der Waals surface area contributed by atoms with E-state index in [1.807, 2.05) is 0 Å². The van der Waals surface area contributed by atoms with Crippen molar-refractivity contribution in [2.75, 3.05) is 18.0 Å². The van der Waals surface area contributed by atoms with E-state index in [-0.39, 0.29) is 11.9 Å². The summed E-state index contributed by atoms with van der Waals surface area (Å²) in [6.45, 7) is 4.30. The van der Waals surface area contributed by atoms with Gasteiger partial charge in [-0.05, 0) is 44.9 Å². The molecular weight excluding hydrogens is 410 g/mol. The summed E-state index contributed by atoms with van der Waals surface area (Å²) >= 11 is 0. The Bertz CT molecular complexity index is 657. The van der Waals surface area contributed by atoms with Crippen molar-refractivity contribution >= 4 is 5.95 Å². The molecular formula is C28H49N3O2. The first kappa shape index (κ1) is 26.1. The van der Waals surface area contributed by atoms with Crippen LogP contribution in [0.5, 0.6) is 11.6 Å². The monoisotopic (exact) mass is 459 g/mol. The van der Waals surface area contributed by atoms with Crippen LogP contribution in [0.25, 0.3) is 0 Å². The van der Waals surface area contributed by atoms with E-state index in [9.17, 15) is 5.11 Å². The van der Waals surface area contributed by atoms with Crippen LogP contribution in [0.15, 0.2) is 0 Å². The summed E-state index contributed by atoms with van der Waals surface area (Å²) in [4.78, 5) is 11.6. The topological polar surface area (TPSA) is 58.5 Å². The number of anilines is 1. The number of hydrogen-bond acceptors (Lipinski definition) is 5. The first-order valence-corrected chi connectivity index (χ1v) is 14.3. The number of aromatic nitrogens is 2. The van der Waals surface area contributed by atoms with E-state index < -0.39 is 0 Å². The third-order valence-corrected chi connectivity index (χ3v) is 7.40. The summed E-state index contributed by atoms with van der Waals surface area (Å²) in [5, 5.41) is 10.8. The Morgan fingerprint density at radius 2 is 1.30 bits per heavy atom. The van der Waals surface area contributed by atoms with Gasteiger partial charge in [0.25, 0.3) is 5.88 Å². The van der Waals surface area contributed by atoms with E-state index in [4.69, 9.17) is 9.72 Å². The number of ether oxygens (including phenoxy) is 1. The van der Waals surface area contributed by atoms with Gasteiger partial charge < -0.3 is 14.7 Å². The van der Waals surface area contributed by atoms with Gasteiger partial charge in [-0.25, -0.2) is 4.98 Å². The molecule has 188 valence electrons. The summed E-state index contributed by atoms with van der Waals surface area (Å²) in [7, 11) is 0. The summed E-state index contributed by atoms with van der Waals surface area (Å²) in [5.74, 6) is 1.34. The maximum atomic E-state index is 10.8. The number of nitrogens with zero attached hydrogens (tertiary/aromatic N) is 3.